The summed E-state index contributed by atoms with van der Waals surface area (Å²) in [5.74, 6) is -2.08. The number of halogens is 1. The second kappa shape index (κ2) is 7.65. The van der Waals surface area contributed by atoms with Crippen LogP contribution in [0, 0.1) is 5.82 Å². The summed E-state index contributed by atoms with van der Waals surface area (Å²) in [5.41, 5.74) is 2.23. The van der Waals surface area contributed by atoms with Crippen molar-refractivity contribution in [2.24, 2.45) is 0 Å². The Balaban J connectivity index is 1.70. The molecule has 6 heteroatoms. The molecule has 3 rings (SSSR count). The molecular formula is C20H17FN2O3. The molecule has 0 aliphatic heterocycles. The Kier molecular flexibility index (Phi) is 5.12. The number of aliphatic carboxylic acids is 1. The molecule has 0 saturated heterocycles. The van der Waals surface area contributed by atoms with Crippen molar-refractivity contribution in [3.05, 3.63) is 77.7 Å². The van der Waals surface area contributed by atoms with E-state index in [1.165, 1.54) is 30.4 Å². The lowest BCUT2D eigenvalue weighted by atomic mass is 10.0. The first-order valence-electron chi connectivity index (χ1n) is 8.05. The van der Waals surface area contributed by atoms with E-state index in [0.29, 0.717) is 5.56 Å². The Morgan fingerprint density at radius 1 is 1.19 bits per heavy atom. The van der Waals surface area contributed by atoms with E-state index in [1.807, 2.05) is 24.3 Å². The summed E-state index contributed by atoms with van der Waals surface area (Å²) in [6, 6.07) is 12.2. The van der Waals surface area contributed by atoms with Crippen LogP contribution < -0.4 is 5.32 Å². The highest BCUT2D eigenvalue weighted by Crippen LogP contribution is 2.19. The Hall–Kier alpha value is -3.41. The Bertz CT molecular complexity index is 978. The molecule has 0 fully saturated rings. The molecule has 3 N–H and O–H groups in total. The number of aromatic amines is 1. The second-order valence-corrected chi connectivity index (χ2v) is 5.85. The summed E-state index contributed by atoms with van der Waals surface area (Å²) in [7, 11) is 0. The lowest BCUT2D eigenvalue weighted by Gasteiger charge is -2.12. The molecular weight excluding hydrogens is 335 g/mol. The number of fused-ring (bicyclic) bond motifs is 1. The lowest BCUT2D eigenvalue weighted by Crippen LogP contribution is -2.41. The number of H-pyrrole nitrogens is 1. The standard InChI is InChI=1S/C20H17FN2O3/c21-15-5-3-4-13(10-15)8-9-19(24)23-18(20(25)26)11-14-12-22-17-7-2-1-6-16(14)17/h1-10,12,18,22H,11H2,(H,23,24)(H,25,26)/b9-8+/t18-/m0/s1. The van der Waals surface area contributed by atoms with Gasteiger partial charge in [0.25, 0.3) is 0 Å². The monoisotopic (exact) mass is 352 g/mol. The van der Waals surface area contributed by atoms with Crippen molar-refractivity contribution < 1.29 is 19.1 Å². The van der Waals surface area contributed by atoms with Crippen molar-refractivity contribution in [2.45, 2.75) is 12.5 Å². The molecule has 1 amide bonds. The zero-order valence-electron chi connectivity index (χ0n) is 13.8. The highest BCUT2D eigenvalue weighted by Gasteiger charge is 2.21. The van der Waals surface area contributed by atoms with Gasteiger partial charge in [-0.15, -0.1) is 0 Å². The average molecular weight is 352 g/mol. The molecule has 0 saturated carbocycles. The molecule has 2 aromatic carbocycles. The van der Waals surface area contributed by atoms with Gasteiger partial charge in [0, 0.05) is 29.6 Å². The summed E-state index contributed by atoms with van der Waals surface area (Å²) < 4.78 is 13.1. The summed E-state index contributed by atoms with van der Waals surface area (Å²) in [6.45, 7) is 0. The molecule has 1 aromatic heterocycles. The summed E-state index contributed by atoms with van der Waals surface area (Å²) >= 11 is 0. The number of carboxylic acid groups (broad SMARTS) is 1. The van der Waals surface area contributed by atoms with E-state index in [9.17, 15) is 19.1 Å². The van der Waals surface area contributed by atoms with Gasteiger partial charge < -0.3 is 15.4 Å². The van der Waals surface area contributed by atoms with E-state index in [2.05, 4.69) is 10.3 Å². The lowest BCUT2D eigenvalue weighted by molar-refractivity contribution is -0.141. The van der Waals surface area contributed by atoms with Crippen molar-refractivity contribution >= 4 is 28.9 Å². The summed E-state index contributed by atoms with van der Waals surface area (Å²) in [5, 5.41) is 12.8. The first-order valence-corrected chi connectivity index (χ1v) is 8.05. The van der Waals surface area contributed by atoms with E-state index in [4.69, 9.17) is 0 Å². The quantitative estimate of drug-likeness (QED) is 0.596. The minimum atomic E-state index is -1.12. The molecule has 0 unspecified atom stereocenters. The van der Waals surface area contributed by atoms with Crippen molar-refractivity contribution in [1.82, 2.24) is 10.3 Å². The highest BCUT2D eigenvalue weighted by molar-refractivity contribution is 5.94. The predicted molar refractivity (Wildman–Crippen MR) is 97.0 cm³/mol. The number of para-hydroxylation sites is 1. The number of hydrogen-bond donors (Lipinski definition) is 3. The van der Waals surface area contributed by atoms with Gasteiger partial charge in [0.1, 0.15) is 11.9 Å². The number of carbonyl (C=O) groups excluding carboxylic acids is 1. The van der Waals surface area contributed by atoms with Gasteiger partial charge in [-0.05, 0) is 35.4 Å². The third-order valence-electron chi connectivity index (χ3n) is 3.99. The molecule has 1 atom stereocenters. The maximum absolute atomic E-state index is 13.1. The fourth-order valence-electron chi connectivity index (χ4n) is 2.72. The largest absolute Gasteiger partial charge is 0.480 e. The Morgan fingerprint density at radius 2 is 2.00 bits per heavy atom. The SMILES string of the molecule is O=C(/C=C/c1cccc(F)c1)N[C@@H](Cc1c[nH]c2ccccc12)C(=O)O. The molecule has 132 valence electrons. The fourth-order valence-corrected chi connectivity index (χ4v) is 2.72. The first kappa shape index (κ1) is 17.4. The minimum Gasteiger partial charge on any atom is -0.480 e. The third-order valence-corrected chi connectivity index (χ3v) is 3.99. The normalized spacial score (nSPS) is 12.3. The molecule has 0 aliphatic carbocycles. The maximum Gasteiger partial charge on any atom is 0.326 e. The molecule has 0 spiro atoms. The minimum absolute atomic E-state index is 0.152. The van der Waals surface area contributed by atoms with Gasteiger partial charge in [-0.2, -0.15) is 0 Å². The van der Waals surface area contributed by atoms with Crippen LogP contribution in [0.25, 0.3) is 17.0 Å². The van der Waals surface area contributed by atoms with Crippen LogP contribution in [0.5, 0.6) is 0 Å². The van der Waals surface area contributed by atoms with Crippen LogP contribution in [0.2, 0.25) is 0 Å². The summed E-state index contributed by atoms with van der Waals surface area (Å²) in [6.07, 6.45) is 4.52. The number of hydrogen-bond acceptors (Lipinski definition) is 2. The molecule has 1 heterocycles. The number of carboxylic acids is 1. The van der Waals surface area contributed by atoms with Gasteiger partial charge in [0.2, 0.25) is 5.91 Å². The second-order valence-electron chi connectivity index (χ2n) is 5.85. The smallest absolute Gasteiger partial charge is 0.326 e. The molecule has 3 aromatic rings. The van der Waals surface area contributed by atoms with Gasteiger partial charge in [-0.25, -0.2) is 9.18 Å². The fraction of sp³-hybridized carbons (Fsp3) is 0.100. The molecule has 0 aliphatic rings. The zero-order chi connectivity index (χ0) is 18.5. The van der Waals surface area contributed by atoms with E-state index >= 15 is 0 Å². The van der Waals surface area contributed by atoms with E-state index in [1.54, 1.807) is 12.3 Å². The first-order chi connectivity index (χ1) is 12.5. The van der Waals surface area contributed by atoms with E-state index in [-0.39, 0.29) is 6.42 Å². The van der Waals surface area contributed by atoms with E-state index < -0.39 is 23.7 Å². The van der Waals surface area contributed by atoms with Crippen molar-refractivity contribution in [2.75, 3.05) is 0 Å². The predicted octanol–water partition coefficient (Wildman–Crippen LogP) is 3.13. The van der Waals surface area contributed by atoms with Gasteiger partial charge in [-0.3, -0.25) is 4.79 Å². The van der Waals surface area contributed by atoms with Gasteiger partial charge in [0.15, 0.2) is 0 Å². The number of amides is 1. The topological polar surface area (TPSA) is 82.2 Å². The molecule has 0 bridgehead atoms. The molecule has 26 heavy (non-hydrogen) atoms. The van der Waals surface area contributed by atoms with E-state index in [0.717, 1.165) is 16.5 Å². The zero-order valence-corrected chi connectivity index (χ0v) is 13.8. The van der Waals surface area contributed by atoms with Gasteiger partial charge in [0.05, 0.1) is 0 Å². The van der Waals surface area contributed by atoms with Gasteiger partial charge >= 0.3 is 5.97 Å². The Labute approximate surface area is 149 Å². The van der Waals surface area contributed by atoms with Crippen molar-refractivity contribution in [3.8, 4) is 0 Å². The third kappa shape index (κ3) is 4.16. The maximum atomic E-state index is 13.1. The van der Waals surface area contributed by atoms with Crippen LogP contribution in [0.15, 0.2) is 60.8 Å². The number of nitrogens with one attached hydrogen (secondary N) is 2. The number of carbonyl (C=O) groups is 2. The van der Waals surface area contributed by atoms with Gasteiger partial charge in [-0.1, -0.05) is 30.3 Å². The van der Waals surface area contributed by atoms with Crippen molar-refractivity contribution in [3.63, 3.8) is 0 Å². The van der Waals surface area contributed by atoms with Crippen LogP contribution in [0.3, 0.4) is 0 Å². The number of benzene rings is 2. The number of rotatable bonds is 6. The average Bonchev–Trinajstić information content (AvgIpc) is 3.02. The van der Waals surface area contributed by atoms with Crippen LogP contribution in [0.4, 0.5) is 4.39 Å². The van der Waals surface area contributed by atoms with Crippen molar-refractivity contribution in [1.29, 1.82) is 0 Å². The summed E-state index contributed by atoms with van der Waals surface area (Å²) in [4.78, 5) is 26.6. The molecule has 5 nitrogen and oxygen atoms in total. The van der Waals surface area contributed by atoms with Crippen LogP contribution in [-0.4, -0.2) is 28.0 Å². The van der Waals surface area contributed by atoms with Crippen LogP contribution >= 0.6 is 0 Å². The van der Waals surface area contributed by atoms with Crippen LogP contribution in [-0.2, 0) is 16.0 Å². The Morgan fingerprint density at radius 3 is 2.77 bits per heavy atom. The molecule has 0 radical (unpaired) electrons. The highest BCUT2D eigenvalue weighted by atomic mass is 19.1. The number of aromatic nitrogens is 1. The van der Waals surface area contributed by atoms with Crippen LogP contribution in [0.1, 0.15) is 11.1 Å².